The van der Waals surface area contributed by atoms with E-state index in [0.29, 0.717) is 5.02 Å². The van der Waals surface area contributed by atoms with E-state index < -0.39 is 17.2 Å². The average Bonchev–Trinajstić information content (AvgIpc) is 2.48. The molecule has 0 aliphatic carbocycles. The summed E-state index contributed by atoms with van der Waals surface area (Å²) >= 11 is 6.04. The molecule has 0 saturated heterocycles. The highest BCUT2D eigenvalue weighted by Crippen LogP contribution is 2.18. The Hall–Kier alpha value is -2.34. The SMILES string of the molecule is CCOC(=O)c1c[nH]c(=O)n(Cc2cccc(Cl)c2C)c1=O. The van der Waals surface area contributed by atoms with E-state index in [1.54, 1.807) is 32.0 Å². The highest BCUT2D eigenvalue weighted by molar-refractivity contribution is 6.31. The Morgan fingerprint density at radius 2 is 2.09 bits per heavy atom. The van der Waals surface area contributed by atoms with E-state index in [1.807, 2.05) is 0 Å². The van der Waals surface area contributed by atoms with Gasteiger partial charge in [0.1, 0.15) is 5.56 Å². The molecule has 0 spiro atoms. The van der Waals surface area contributed by atoms with E-state index in [4.69, 9.17) is 16.3 Å². The first-order chi connectivity index (χ1) is 10.5. The fourth-order valence-electron chi connectivity index (χ4n) is 2.00. The lowest BCUT2D eigenvalue weighted by Gasteiger charge is -2.10. The smallest absolute Gasteiger partial charge is 0.345 e. The first-order valence-corrected chi connectivity index (χ1v) is 7.07. The topological polar surface area (TPSA) is 81.2 Å². The number of nitrogens with zero attached hydrogens (tertiary/aromatic N) is 1. The number of nitrogens with one attached hydrogen (secondary N) is 1. The van der Waals surface area contributed by atoms with Gasteiger partial charge in [-0.05, 0) is 31.0 Å². The van der Waals surface area contributed by atoms with Gasteiger partial charge >= 0.3 is 11.7 Å². The van der Waals surface area contributed by atoms with Crippen LogP contribution in [0.25, 0.3) is 0 Å². The molecule has 7 heteroatoms. The summed E-state index contributed by atoms with van der Waals surface area (Å²) in [5.74, 6) is -0.764. The molecule has 0 amide bonds. The van der Waals surface area contributed by atoms with Crippen LogP contribution in [-0.2, 0) is 11.3 Å². The van der Waals surface area contributed by atoms with Crippen molar-refractivity contribution in [1.29, 1.82) is 0 Å². The van der Waals surface area contributed by atoms with E-state index >= 15 is 0 Å². The summed E-state index contributed by atoms with van der Waals surface area (Å²) in [7, 11) is 0. The average molecular weight is 323 g/mol. The number of carbonyl (C=O) groups is 1. The summed E-state index contributed by atoms with van der Waals surface area (Å²) in [6, 6.07) is 5.23. The van der Waals surface area contributed by atoms with Crippen molar-refractivity contribution >= 4 is 17.6 Å². The summed E-state index contributed by atoms with van der Waals surface area (Å²) in [4.78, 5) is 38.3. The molecule has 0 bridgehead atoms. The van der Waals surface area contributed by atoms with Crippen molar-refractivity contribution in [3.05, 3.63) is 66.9 Å². The number of hydrogen-bond acceptors (Lipinski definition) is 4. The number of aromatic nitrogens is 2. The van der Waals surface area contributed by atoms with Gasteiger partial charge in [-0.1, -0.05) is 23.7 Å². The molecule has 1 aromatic carbocycles. The second-order valence-corrected chi connectivity index (χ2v) is 5.05. The Kier molecular flexibility index (Phi) is 4.82. The highest BCUT2D eigenvalue weighted by atomic mass is 35.5. The van der Waals surface area contributed by atoms with Crippen LogP contribution in [0.3, 0.4) is 0 Å². The molecule has 2 rings (SSSR count). The third-order valence-electron chi connectivity index (χ3n) is 3.26. The fraction of sp³-hybridized carbons (Fsp3) is 0.267. The van der Waals surface area contributed by atoms with E-state index in [9.17, 15) is 14.4 Å². The molecule has 116 valence electrons. The highest BCUT2D eigenvalue weighted by Gasteiger charge is 2.16. The zero-order valence-electron chi connectivity index (χ0n) is 12.2. The fourth-order valence-corrected chi connectivity index (χ4v) is 2.20. The van der Waals surface area contributed by atoms with Crippen molar-refractivity contribution in [1.82, 2.24) is 9.55 Å². The van der Waals surface area contributed by atoms with Gasteiger partial charge in [0.05, 0.1) is 13.2 Å². The summed E-state index contributed by atoms with van der Waals surface area (Å²) in [5.41, 5.74) is -0.00163. The summed E-state index contributed by atoms with van der Waals surface area (Å²) < 4.78 is 5.75. The predicted molar refractivity (Wildman–Crippen MR) is 82.6 cm³/mol. The van der Waals surface area contributed by atoms with Crippen molar-refractivity contribution in [2.45, 2.75) is 20.4 Å². The Labute approximate surface area is 131 Å². The molecular weight excluding hydrogens is 308 g/mol. The van der Waals surface area contributed by atoms with Gasteiger partial charge in [0.25, 0.3) is 5.56 Å². The van der Waals surface area contributed by atoms with Crippen molar-refractivity contribution in [3.63, 3.8) is 0 Å². The van der Waals surface area contributed by atoms with Crippen LogP contribution < -0.4 is 11.2 Å². The van der Waals surface area contributed by atoms with E-state index in [2.05, 4.69) is 4.98 Å². The lowest BCUT2D eigenvalue weighted by atomic mass is 10.1. The Morgan fingerprint density at radius 3 is 2.77 bits per heavy atom. The van der Waals surface area contributed by atoms with Gasteiger partial charge in [-0.15, -0.1) is 0 Å². The van der Waals surface area contributed by atoms with Gasteiger partial charge in [0.15, 0.2) is 0 Å². The quantitative estimate of drug-likeness (QED) is 0.869. The second-order valence-electron chi connectivity index (χ2n) is 4.64. The molecular formula is C15H15ClN2O4. The second kappa shape index (κ2) is 6.62. The molecule has 0 fully saturated rings. The minimum absolute atomic E-state index is 0.0216. The third kappa shape index (κ3) is 3.12. The van der Waals surface area contributed by atoms with Crippen molar-refractivity contribution in [3.8, 4) is 0 Å². The maximum absolute atomic E-state index is 12.3. The Bertz CT molecular complexity index is 823. The van der Waals surface area contributed by atoms with Gasteiger partial charge in [-0.25, -0.2) is 9.59 Å². The van der Waals surface area contributed by atoms with Crippen LogP contribution in [0.5, 0.6) is 0 Å². The molecule has 22 heavy (non-hydrogen) atoms. The van der Waals surface area contributed by atoms with Gasteiger partial charge < -0.3 is 9.72 Å². The van der Waals surface area contributed by atoms with Crippen LogP contribution in [0.1, 0.15) is 28.4 Å². The molecule has 0 radical (unpaired) electrons. The minimum Gasteiger partial charge on any atom is -0.462 e. The van der Waals surface area contributed by atoms with Crippen LogP contribution in [0.15, 0.2) is 34.0 Å². The molecule has 0 aliphatic rings. The van der Waals surface area contributed by atoms with Crippen LogP contribution in [0, 0.1) is 6.92 Å². The molecule has 1 heterocycles. The summed E-state index contributed by atoms with van der Waals surface area (Å²) in [5, 5.41) is 0.545. The maximum atomic E-state index is 12.3. The lowest BCUT2D eigenvalue weighted by molar-refractivity contribution is 0.0522. The van der Waals surface area contributed by atoms with Gasteiger partial charge in [-0.2, -0.15) is 0 Å². The summed E-state index contributed by atoms with van der Waals surface area (Å²) in [6.45, 7) is 3.60. The number of halogens is 1. The molecule has 0 unspecified atom stereocenters. The van der Waals surface area contributed by atoms with E-state index in [-0.39, 0.29) is 18.7 Å². The zero-order valence-corrected chi connectivity index (χ0v) is 12.9. The first-order valence-electron chi connectivity index (χ1n) is 6.69. The molecule has 6 nitrogen and oxygen atoms in total. The van der Waals surface area contributed by atoms with Crippen molar-refractivity contribution < 1.29 is 9.53 Å². The molecule has 0 atom stereocenters. The molecule has 1 N–H and O–H groups in total. The predicted octanol–water partition coefficient (Wildman–Crippen LogP) is 1.72. The van der Waals surface area contributed by atoms with Crippen LogP contribution >= 0.6 is 11.6 Å². The number of ether oxygens (including phenoxy) is 1. The van der Waals surface area contributed by atoms with Gasteiger partial charge in [-0.3, -0.25) is 9.36 Å². The number of H-pyrrole nitrogens is 1. The number of benzene rings is 1. The van der Waals surface area contributed by atoms with Crippen molar-refractivity contribution in [2.24, 2.45) is 0 Å². The molecule has 1 aromatic heterocycles. The van der Waals surface area contributed by atoms with Gasteiger partial charge in [0, 0.05) is 11.2 Å². The van der Waals surface area contributed by atoms with Crippen LogP contribution in [0.2, 0.25) is 5.02 Å². The van der Waals surface area contributed by atoms with Crippen molar-refractivity contribution in [2.75, 3.05) is 6.61 Å². The largest absolute Gasteiger partial charge is 0.462 e. The monoisotopic (exact) mass is 322 g/mol. The standard InChI is InChI=1S/C15H15ClN2O4/c1-3-22-14(20)11-7-17-15(21)18(13(11)19)8-10-5-4-6-12(16)9(10)2/h4-7H,3,8H2,1-2H3,(H,17,21). The lowest BCUT2D eigenvalue weighted by Crippen LogP contribution is -2.38. The molecule has 0 saturated carbocycles. The summed E-state index contributed by atoms with van der Waals surface area (Å²) in [6.07, 6.45) is 1.07. The Balaban J connectivity index is 2.50. The van der Waals surface area contributed by atoms with Crippen LogP contribution in [-0.4, -0.2) is 22.1 Å². The van der Waals surface area contributed by atoms with E-state index in [0.717, 1.165) is 21.9 Å². The number of hydrogen-bond donors (Lipinski definition) is 1. The number of esters is 1. The first kappa shape index (κ1) is 16.0. The normalized spacial score (nSPS) is 10.5. The number of aromatic amines is 1. The third-order valence-corrected chi connectivity index (χ3v) is 3.67. The molecule has 0 aliphatic heterocycles. The van der Waals surface area contributed by atoms with Gasteiger partial charge in [0.2, 0.25) is 0 Å². The van der Waals surface area contributed by atoms with E-state index in [1.165, 1.54) is 0 Å². The van der Waals surface area contributed by atoms with Crippen LogP contribution in [0.4, 0.5) is 0 Å². The number of carbonyl (C=O) groups excluding carboxylic acids is 1. The maximum Gasteiger partial charge on any atom is 0.345 e. The zero-order chi connectivity index (χ0) is 16.3. The number of rotatable bonds is 4. The minimum atomic E-state index is -0.764. The molecule has 2 aromatic rings. The Morgan fingerprint density at radius 1 is 1.36 bits per heavy atom.